The SMILES string of the molecule is Nc1ccc(Oc2cc(Br)ccc2F)c(Cl)c1. The molecule has 0 unspecified atom stereocenters. The number of rotatable bonds is 2. The molecule has 2 nitrogen and oxygen atoms in total. The summed E-state index contributed by atoms with van der Waals surface area (Å²) in [6.45, 7) is 0. The van der Waals surface area contributed by atoms with Crippen LogP contribution in [0.5, 0.6) is 11.5 Å². The Morgan fingerprint density at radius 3 is 2.59 bits per heavy atom. The van der Waals surface area contributed by atoms with Crippen molar-refractivity contribution < 1.29 is 9.13 Å². The van der Waals surface area contributed by atoms with Crippen molar-refractivity contribution in [3.05, 3.63) is 51.7 Å². The van der Waals surface area contributed by atoms with Crippen molar-refractivity contribution in [3.63, 3.8) is 0 Å². The highest BCUT2D eigenvalue weighted by Gasteiger charge is 2.08. The average molecular weight is 317 g/mol. The molecule has 2 aromatic rings. The summed E-state index contributed by atoms with van der Waals surface area (Å²) in [5.41, 5.74) is 6.08. The summed E-state index contributed by atoms with van der Waals surface area (Å²) < 4.78 is 19.6. The zero-order valence-corrected chi connectivity index (χ0v) is 10.9. The topological polar surface area (TPSA) is 35.2 Å². The molecule has 0 saturated heterocycles. The van der Waals surface area contributed by atoms with E-state index in [9.17, 15) is 4.39 Å². The molecule has 0 heterocycles. The standard InChI is InChI=1S/C12H8BrClFNO/c13-7-1-3-10(15)12(5-7)17-11-4-2-8(16)6-9(11)14/h1-6H,16H2. The molecule has 0 radical (unpaired) electrons. The molecule has 0 spiro atoms. The lowest BCUT2D eigenvalue weighted by Gasteiger charge is -2.09. The van der Waals surface area contributed by atoms with Crippen molar-refractivity contribution in [2.24, 2.45) is 0 Å². The first-order valence-electron chi connectivity index (χ1n) is 4.74. The van der Waals surface area contributed by atoms with Gasteiger partial charge in [0.05, 0.1) is 5.02 Å². The van der Waals surface area contributed by atoms with Gasteiger partial charge in [0.15, 0.2) is 11.6 Å². The van der Waals surface area contributed by atoms with Crippen LogP contribution >= 0.6 is 27.5 Å². The molecule has 2 aromatic carbocycles. The van der Waals surface area contributed by atoms with E-state index in [0.717, 1.165) is 4.47 Å². The van der Waals surface area contributed by atoms with Crippen LogP contribution in [-0.4, -0.2) is 0 Å². The van der Waals surface area contributed by atoms with E-state index >= 15 is 0 Å². The second kappa shape index (κ2) is 4.94. The Labute approximate surface area is 111 Å². The van der Waals surface area contributed by atoms with Gasteiger partial charge in [-0.25, -0.2) is 4.39 Å². The van der Waals surface area contributed by atoms with Crippen molar-refractivity contribution in [3.8, 4) is 11.5 Å². The molecular formula is C12H8BrClFNO. The Hall–Kier alpha value is -1.26. The molecule has 2 N–H and O–H groups in total. The minimum Gasteiger partial charge on any atom is -0.453 e. The molecule has 0 fully saturated rings. The summed E-state index contributed by atoms with van der Waals surface area (Å²) in [5.74, 6) is 0.00463. The fourth-order valence-corrected chi connectivity index (χ4v) is 1.84. The fraction of sp³-hybridized carbons (Fsp3) is 0. The molecule has 88 valence electrons. The average Bonchev–Trinajstić information content (AvgIpc) is 2.27. The number of hydrogen-bond acceptors (Lipinski definition) is 2. The second-order valence-corrected chi connectivity index (χ2v) is 4.69. The largest absolute Gasteiger partial charge is 0.453 e. The highest BCUT2D eigenvalue weighted by atomic mass is 79.9. The zero-order chi connectivity index (χ0) is 12.4. The van der Waals surface area contributed by atoms with Gasteiger partial charge in [-0.1, -0.05) is 27.5 Å². The van der Waals surface area contributed by atoms with Crippen LogP contribution in [0.4, 0.5) is 10.1 Å². The predicted molar refractivity (Wildman–Crippen MR) is 70.0 cm³/mol. The Bertz CT molecular complexity index is 562. The molecule has 5 heteroatoms. The number of hydrogen-bond donors (Lipinski definition) is 1. The summed E-state index contributed by atoms with van der Waals surface area (Å²) in [4.78, 5) is 0. The van der Waals surface area contributed by atoms with Gasteiger partial charge >= 0.3 is 0 Å². The number of nitrogens with two attached hydrogens (primary N) is 1. The normalized spacial score (nSPS) is 10.3. The molecule has 0 saturated carbocycles. The van der Waals surface area contributed by atoms with Crippen molar-refractivity contribution in [2.75, 3.05) is 5.73 Å². The first-order valence-corrected chi connectivity index (χ1v) is 5.91. The van der Waals surface area contributed by atoms with Crippen LogP contribution in [0, 0.1) is 5.82 Å². The third-order valence-electron chi connectivity index (χ3n) is 2.07. The minimum atomic E-state index is -0.457. The van der Waals surface area contributed by atoms with Crippen LogP contribution in [0.3, 0.4) is 0 Å². The van der Waals surface area contributed by atoms with E-state index in [4.69, 9.17) is 22.1 Å². The van der Waals surface area contributed by atoms with E-state index in [1.165, 1.54) is 12.1 Å². The lowest BCUT2D eigenvalue weighted by Crippen LogP contribution is -1.91. The molecular weight excluding hydrogens is 308 g/mol. The summed E-state index contributed by atoms with van der Waals surface area (Å²) >= 11 is 9.17. The lowest BCUT2D eigenvalue weighted by atomic mass is 10.3. The number of nitrogen functional groups attached to an aromatic ring is 1. The van der Waals surface area contributed by atoms with Crippen LogP contribution in [-0.2, 0) is 0 Å². The monoisotopic (exact) mass is 315 g/mol. The maximum absolute atomic E-state index is 13.5. The number of anilines is 1. The Morgan fingerprint density at radius 1 is 1.12 bits per heavy atom. The molecule has 0 bridgehead atoms. The van der Waals surface area contributed by atoms with Crippen molar-refractivity contribution in [1.82, 2.24) is 0 Å². The first-order chi connectivity index (χ1) is 8.06. The molecule has 17 heavy (non-hydrogen) atoms. The van der Waals surface area contributed by atoms with Gasteiger partial charge in [-0.05, 0) is 36.4 Å². The van der Waals surface area contributed by atoms with Gasteiger partial charge in [-0.2, -0.15) is 0 Å². The van der Waals surface area contributed by atoms with E-state index in [1.54, 1.807) is 24.3 Å². The molecule has 0 aromatic heterocycles. The van der Waals surface area contributed by atoms with E-state index < -0.39 is 5.82 Å². The summed E-state index contributed by atoms with van der Waals surface area (Å²) in [5, 5.41) is 0.337. The molecule has 0 aliphatic heterocycles. The van der Waals surface area contributed by atoms with Crippen LogP contribution in [0.2, 0.25) is 5.02 Å². The van der Waals surface area contributed by atoms with Gasteiger partial charge in [0, 0.05) is 10.2 Å². The van der Waals surface area contributed by atoms with Gasteiger partial charge in [-0.15, -0.1) is 0 Å². The number of ether oxygens (including phenoxy) is 1. The Kier molecular flexibility index (Phi) is 3.54. The third-order valence-corrected chi connectivity index (χ3v) is 2.86. The van der Waals surface area contributed by atoms with Gasteiger partial charge in [0.2, 0.25) is 0 Å². The molecule has 2 rings (SSSR count). The lowest BCUT2D eigenvalue weighted by molar-refractivity contribution is 0.442. The van der Waals surface area contributed by atoms with E-state index in [1.807, 2.05) is 0 Å². The van der Waals surface area contributed by atoms with Crippen LogP contribution in [0.15, 0.2) is 40.9 Å². The van der Waals surface area contributed by atoms with Crippen molar-refractivity contribution in [1.29, 1.82) is 0 Å². The molecule has 0 aliphatic carbocycles. The maximum atomic E-state index is 13.5. The van der Waals surface area contributed by atoms with E-state index in [2.05, 4.69) is 15.9 Å². The van der Waals surface area contributed by atoms with Crippen LogP contribution in [0.1, 0.15) is 0 Å². The summed E-state index contributed by atoms with van der Waals surface area (Å²) in [6.07, 6.45) is 0. The van der Waals surface area contributed by atoms with Crippen LogP contribution in [0.25, 0.3) is 0 Å². The first kappa shape index (κ1) is 12.2. The Balaban J connectivity index is 2.34. The number of halogens is 3. The fourth-order valence-electron chi connectivity index (χ4n) is 1.27. The van der Waals surface area contributed by atoms with Crippen molar-refractivity contribution in [2.45, 2.75) is 0 Å². The van der Waals surface area contributed by atoms with Gasteiger partial charge < -0.3 is 10.5 Å². The third kappa shape index (κ3) is 2.90. The maximum Gasteiger partial charge on any atom is 0.165 e. The molecule has 0 atom stereocenters. The van der Waals surface area contributed by atoms with E-state index in [-0.39, 0.29) is 5.75 Å². The molecule has 0 aliphatic rings. The number of benzene rings is 2. The predicted octanol–water partition coefficient (Wildman–Crippen LogP) is 4.62. The highest BCUT2D eigenvalue weighted by molar-refractivity contribution is 9.10. The highest BCUT2D eigenvalue weighted by Crippen LogP contribution is 2.33. The van der Waals surface area contributed by atoms with Crippen LogP contribution < -0.4 is 10.5 Å². The van der Waals surface area contributed by atoms with Gasteiger partial charge in [0.25, 0.3) is 0 Å². The molecule has 0 amide bonds. The zero-order valence-electron chi connectivity index (χ0n) is 8.58. The van der Waals surface area contributed by atoms with Gasteiger partial charge in [0.1, 0.15) is 5.75 Å². The van der Waals surface area contributed by atoms with Crippen molar-refractivity contribution >= 4 is 33.2 Å². The quantitative estimate of drug-likeness (QED) is 0.821. The summed E-state index contributed by atoms with van der Waals surface area (Å²) in [6, 6.07) is 9.21. The van der Waals surface area contributed by atoms with E-state index in [0.29, 0.717) is 16.5 Å². The smallest absolute Gasteiger partial charge is 0.165 e. The summed E-state index contributed by atoms with van der Waals surface area (Å²) in [7, 11) is 0. The minimum absolute atomic E-state index is 0.103. The van der Waals surface area contributed by atoms with Gasteiger partial charge in [-0.3, -0.25) is 0 Å². The Morgan fingerprint density at radius 2 is 1.88 bits per heavy atom. The second-order valence-electron chi connectivity index (χ2n) is 3.37.